The summed E-state index contributed by atoms with van der Waals surface area (Å²) in [6.07, 6.45) is 10.4. The average molecular weight is 318 g/mol. The van der Waals surface area contributed by atoms with E-state index in [0.717, 1.165) is 21.1 Å². The van der Waals surface area contributed by atoms with Crippen LogP contribution in [0.3, 0.4) is 0 Å². The van der Waals surface area contributed by atoms with E-state index in [0.29, 0.717) is 11.6 Å². The van der Waals surface area contributed by atoms with Crippen molar-refractivity contribution in [2.24, 2.45) is 0 Å². The maximum absolute atomic E-state index is 4.54. The van der Waals surface area contributed by atoms with Crippen LogP contribution >= 0.6 is 11.3 Å². The first-order valence-corrected chi connectivity index (χ1v) is 7.69. The third-order valence-electron chi connectivity index (χ3n) is 3.09. The summed E-state index contributed by atoms with van der Waals surface area (Å²) in [6.45, 7) is 0. The second-order valence-electron chi connectivity index (χ2n) is 4.61. The van der Waals surface area contributed by atoms with Crippen LogP contribution in [-0.2, 0) is 0 Å². The predicted octanol–water partition coefficient (Wildman–Crippen LogP) is 3.12. The Kier molecular flexibility index (Phi) is 3.53. The second kappa shape index (κ2) is 5.98. The number of hydrogen-bond acceptors (Lipinski definition) is 7. The molecule has 7 heteroatoms. The molecule has 0 atom stereocenters. The lowest BCUT2D eigenvalue weighted by Gasteiger charge is -2.00. The van der Waals surface area contributed by atoms with Gasteiger partial charge in [0.05, 0.1) is 10.6 Å². The van der Waals surface area contributed by atoms with Crippen molar-refractivity contribution in [2.45, 2.75) is 0 Å². The van der Waals surface area contributed by atoms with E-state index in [2.05, 4.69) is 29.9 Å². The van der Waals surface area contributed by atoms with E-state index in [-0.39, 0.29) is 0 Å². The fourth-order valence-corrected chi connectivity index (χ4v) is 2.91. The molecule has 110 valence electrons. The summed E-state index contributed by atoms with van der Waals surface area (Å²) in [4.78, 5) is 26.7. The zero-order valence-electron chi connectivity index (χ0n) is 11.9. The maximum Gasteiger partial charge on any atom is 0.198 e. The van der Waals surface area contributed by atoms with Gasteiger partial charge in [0.25, 0.3) is 0 Å². The summed E-state index contributed by atoms with van der Waals surface area (Å²) in [5.41, 5.74) is 1.79. The summed E-state index contributed by atoms with van der Waals surface area (Å²) in [5.74, 6) is 1.01. The van der Waals surface area contributed by atoms with Gasteiger partial charge >= 0.3 is 0 Å². The monoisotopic (exact) mass is 318 g/mol. The quantitative estimate of drug-likeness (QED) is 0.577. The van der Waals surface area contributed by atoms with Gasteiger partial charge in [-0.05, 0) is 24.3 Å². The normalized spacial score (nSPS) is 10.6. The van der Waals surface area contributed by atoms with E-state index < -0.39 is 0 Å². The molecule has 0 aliphatic carbocycles. The smallest absolute Gasteiger partial charge is 0.198 e. The molecule has 4 rings (SSSR count). The molecule has 4 aromatic heterocycles. The van der Waals surface area contributed by atoms with Crippen LogP contribution in [0.5, 0.6) is 0 Å². The molecule has 0 radical (unpaired) electrons. The Bertz CT molecular complexity index is 923. The van der Waals surface area contributed by atoms with Gasteiger partial charge < -0.3 is 0 Å². The van der Waals surface area contributed by atoms with E-state index in [1.807, 2.05) is 24.4 Å². The molecule has 0 fully saturated rings. The van der Waals surface area contributed by atoms with Crippen molar-refractivity contribution in [3.63, 3.8) is 0 Å². The van der Waals surface area contributed by atoms with Crippen molar-refractivity contribution in [1.82, 2.24) is 29.9 Å². The van der Waals surface area contributed by atoms with E-state index >= 15 is 0 Å². The van der Waals surface area contributed by atoms with Crippen LogP contribution in [0, 0.1) is 0 Å². The Morgan fingerprint density at radius 1 is 0.739 bits per heavy atom. The van der Waals surface area contributed by atoms with Crippen molar-refractivity contribution < 1.29 is 0 Å². The SMILES string of the molecule is c1cnc(-c2nccc(-c3cnc(-c4cccnc4)s3)n2)nc1. The molecule has 0 N–H and O–H groups in total. The molecule has 0 amide bonds. The highest BCUT2D eigenvalue weighted by Gasteiger charge is 2.10. The fraction of sp³-hybridized carbons (Fsp3) is 0. The van der Waals surface area contributed by atoms with Gasteiger partial charge in [-0.2, -0.15) is 0 Å². The largest absolute Gasteiger partial charge is 0.264 e. The van der Waals surface area contributed by atoms with Gasteiger partial charge in [-0.1, -0.05) is 0 Å². The average Bonchev–Trinajstić information content (AvgIpc) is 3.14. The Morgan fingerprint density at radius 3 is 2.43 bits per heavy atom. The van der Waals surface area contributed by atoms with E-state index in [9.17, 15) is 0 Å². The zero-order valence-corrected chi connectivity index (χ0v) is 12.7. The van der Waals surface area contributed by atoms with Crippen LogP contribution in [0.2, 0.25) is 0 Å². The lowest BCUT2D eigenvalue weighted by atomic mass is 10.3. The molecule has 6 nitrogen and oxygen atoms in total. The first-order valence-electron chi connectivity index (χ1n) is 6.87. The van der Waals surface area contributed by atoms with Gasteiger partial charge in [-0.25, -0.2) is 24.9 Å². The minimum Gasteiger partial charge on any atom is -0.264 e. The minimum absolute atomic E-state index is 0.499. The Morgan fingerprint density at radius 2 is 1.61 bits per heavy atom. The molecule has 0 bridgehead atoms. The van der Waals surface area contributed by atoms with Gasteiger partial charge in [0.2, 0.25) is 0 Å². The van der Waals surface area contributed by atoms with Gasteiger partial charge in [-0.15, -0.1) is 11.3 Å². The summed E-state index contributed by atoms with van der Waals surface area (Å²) >= 11 is 1.56. The van der Waals surface area contributed by atoms with E-state index in [1.165, 1.54) is 0 Å². The molecule has 0 aromatic carbocycles. The fourth-order valence-electron chi connectivity index (χ4n) is 2.03. The predicted molar refractivity (Wildman–Crippen MR) is 87.4 cm³/mol. The third kappa shape index (κ3) is 2.82. The Balaban J connectivity index is 1.71. The van der Waals surface area contributed by atoms with Crippen molar-refractivity contribution >= 4 is 11.3 Å². The standard InChI is InChI=1S/C16H10N6S/c1-3-11(9-17-5-1)16-21-10-13(23-16)12-4-8-20-15(22-12)14-18-6-2-7-19-14/h1-10H. The third-order valence-corrected chi connectivity index (χ3v) is 4.16. The van der Waals surface area contributed by atoms with Crippen molar-refractivity contribution in [2.75, 3.05) is 0 Å². The molecule has 0 saturated carbocycles. The summed E-state index contributed by atoms with van der Waals surface area (Å²) in [5, 5.41) is 0.907. The maximum atomic E-state index is 4.54. The minimum atomic E-state index is 0.499. The molecule has 0 aliphatic heterocycles. The van der Waals surface area contributed by atoms with Crippen molar-refractivity contribution in [3.05, 3.63) is 61.4 Å². The molecular weight excluding hydrogens is 308 g/mol. The molecule has 0 saturated heterocycles. The summed E-state index contributed by atoms with van der Waals surface area (Å²) < 4.78 is 0. The van der Waals surface area contributed by atoms with Gasteiger partial charge in [0.1, 0.15) is 5.01 Å². The lowest BCUT2D eigenvalue weighted by Crippen LogP contribution is -1.94. The molecule has 23 heavy (non-hydrogen) atoms. The highest BCUT2D eigenvalue weighted by atomic mass is 32.1. The molecule has 4 aromatic rings. The Hall–Kier alpha value is -3.06. The molecule has 0 aliphatic rings. The van der Waals surface area contributed by atoms with Crippen LogP contribution in [0.15, 0.2) is 61.4 Å². The zero-order chi connectivity index (χ0) is 15.5. The molecule has 4 heterocycles. The Labute approximate surface area is 136 Å². The molecule has 0 unspecified atom stereocenters. The van der Waals surface area contributed by atoms with Gasteiger partial charge in [0, 0.05) is 42.7 Å². The topological polar surface area (TPSA) is 77.3 Å². The number of hydrogen-bond donors (Lipinski definition) is 0. The highest BCUT2D eigenvalue weighted by Crippen LogP contribution is 2.30. The number of pyridine rings is 1. The lowest BCUT2D eigenvalue weighted by molar-refractivity contribution is 1.08. The molecular formula is C16H10N6S. The van der Waals surface area contributed by atoms with Gasteiger partial charge in [-0.3, -0.25) is 4.98 Å². The van der Waals surface area contributed by atoms with E-state index in [4.69, 9.17) is 0 Å². The van der Waals surface area contributed by atoms with Crippen LogP contribution in [-0.4, -0.2) is 29.9 Å². The van der Waals surface area contributed by atoms with E-state index in [1.54, 1.807) is 48.4 Å². The molecule has 0 spiro atoms. The summed E-state index contributed by atoms with van der Waals surface area (Å²) in [6, 6.07) is 7.49. The second-order valence-corrected chi connectivity index (χ2v) is 5.64. The first-order chi connectivity index (χ1) is 11.4. The van der Waals surface area contributed by atoms with Crippen LogP contribution < -0.4 is 0 Å². The van der Waals surface area contributed by atoms with Crippen molar-refractivity contribution in [1.29, 1.82) is 0 Å². The number of rotatable bonds is 3. The van der Waals surface area contributed by atoms with Crippen molar-refractivity contribution in [3.8, 4) is 32.8 Å². The number of nitrogens with zero attached hydrogens (tertiary/aromatic N) is 6. The van der Waals surface area contributed by atoms with Crippen LogP contribution in [0.1, 0.15) is 0 Å². The number of aromatic nitrogens is 6. The summed E-state index contributed by atoms with van der Waals surface area (Å²) in [7, 11) is 0. The first kappa shape index (κ1) is 13.6. The van der Waals surface area contributed by atoms with Crippen LogP contribution in [0.25, 0.3) is 32.8 Å². The highest BCUT2D eigenvalue weighted by molar-refractivity contribution is 7.18. The number of thiazole rings is 1. The van der Waals surface area contributed by atoms with Crippen LogP contribution in [0.4, 0.5) is 0 Å². The van der Waals surface area contributed by atoms with Gasteiger partial charge in [0.15, 0.2) is 11.6 Å².